The predicted octanol–water partition coefficient (Wildman–Crippen LogP) is 2.50. The molecule has 7 nitrogen and oxygen atoms in total. The first-order chi connectivity index (χ1) is 11.7. The summed E-state index contributed by atoms with van der Waals surface area (Å²) in [6, 6.07) is 5.65. The summed E-state index contributed by atoms with van der Waals surface area (Å²) in [7, 11) is 0. The minimum Gasteiger partial charge on any atom is -0.454 e. The molecule has 2 N–H and O–H groups in total. The molecule has 0 bridgehead atoms. The lowest BCUT2D eigenvalue weighted by molar-refractivity contribution is -0.120. The summed E-state index contributed by atoms with van der Waals surface area (Å²) in [4.78, 5) is 12.2. The van der Waals surface area contributed by atoms with Gasteiger partial charge in [0, 0.05) is 13.1 Å². The molecule has 0 radical (unpaired) electrons. The van der Waals surface area contributed by atoms with E-state index >= 15 is 0 Å². The monoisotopic (exact) mass is 366 g/mol. The van der Waals surface area contributed by atoms with E-state index in [9.17, 15) is 4.79 Å². The second kappa shape index (κ2) is 7.71. The van der Waals surface area contributed by atoms with Gasteiger partial charge in [0.2, 0.25) is 17.8 Å². The van der Waals surface area contributed by atoms with E-state index in [0.717, 1.165) is 27.3 Å². The summed E-state index contributed by atoms with van der Waals surface area (Å²) in [5.41, 5.74) is 0.968. The van der Waals surface area contributed by atoms with Gasteiger partial charge in [-0.15, -0.1) is 10.2 Å². The third-order valence-electron chi connectivity index (χ3n) is 3.29. The highest BCUT2D eigenvalue weighted by molar-refractivity contribution is 8.02. The average Bonchev–Trinajstić information content (AvgIpc) is 3.21. The number of fused-ring (bicyclic) bond motifs is 1. The zero-order valence-corrected chi connectivity index (χ0v) is 15.0. The second-order valence-corrected chi connectivity index (χ2v) is 7.63. The van der Waals surface area contributed by atoms with Gasteiger partial charge in [-0.3, -0.25) is 4.79 Å². The number of thioether (sulfide) groups is 1. The number of benzene rings is 1. The van der Waals surface area contributed by atoms with Gasteiger partial charge in [-0.05, 0) is 31.5 Å². The molecule has 128 valence electrons. The maximum Gasteiger partial charge on any atom is 0.233 e. The van der Waals surface area contributed by atoms with E-state index in [4.69, 9.17) is 9.47 Å². The van der Waals surface area contributed by atoms with Gasteiger partial charge in [-0.1, -0.05) is 29.2 Å². The Morgan fingerprint density at radius 2 is 2.21 bits per heavy atom. The lowest BCUT2D eigenvalue weighted by Crippen LogP contribution is -2.30. The smallest absolute Gasteiger partial charge is 0.233 e. The summed E-state index contributed by atoms with van der Waals surface area (Å²) < 4.78 is 11.4. The Morgan fingerprint density at radius 3 is 3.04 bits per heavy atom. The number of carbonyl (C=O) groups is 1. The number of hydrogen-bond acceptors (Lipinski definition) is 8. The first-order valence-electron chi connectivity index (χ1n) is 7.56. The summed E-state index contributed by atoms with van der Waals surface area (Å²) in [5, 5.41) is 14.7. The molecule has 0 spiro atoms. The van der Waals surface area contributed by atoms with Gasteiger partial charge in [0.05, 0.1) is 5.25 Å². The molecule has 1 atom stereocenters. The maximum absolute atomic E-state index is 12.2. The highest BCUT2D eigenvalue weighted by Gasteiger charge is 2.18. The van der Waals surface area contributed by atoms with E-state index in [1.165, 1.54) is 23.1 Å². The van der Waals surface area contributed by atoms with Crippen molar-refractivity contribution in [1.82, 2.24) is 15.5 Å². The number of carbonyl (C=O) groups excluding carboxylic acids is 1. The predicted molar refractivity (Wildman–Crippen MR) is 93.8 cm³/mol. The van der Waals surface area contributed by atoms with E-state index in [1.54, 1.807) is 0 Å². The van der Waals surface area contributed by atoms with Gasteiger partial charge in [0.15, 0.2) is 15.8 Å². The number of hydrogen-bond donors (Lipinski definition) is 2. The van der Waals surface area contributed by atoms with Crippen LogP contribution in [0.4, 0.5) is 5.13 Å². The fourth-order valence-corrected chi connectivity index (χ4v) is 4.06. The highest BCUT2D eigenvalue weighted by atomic mass is 32.2. The van der Waals surface area contributed by atoms with Crippen LogP contribution in [0.3, 0.4) is 0 Å². The minimum absolute atomic E-state index is 0.0436. The fraction of sp³-hybridized carbons (Fsp3) is 0.400. The van der Waals surface area contributed by atoms with E-state index in [2.05, 4.69) is 20.8 Å². The van der Waals surface area contributed by atoms with E-state index < -0.39 is 0 Å². The van der Waals surface area contributed by atoms with Crippen LogP contribution in [0.2, 0.25) is 0 Å². The topological polar surface area (TPSA) is 85.4 Å². The van der Waals surface area contributed by atoms with Gasteiger partial charge < -0.3 is 20.1 Å². The summed E-state index contributed by atoms with van der Waals surface area (Å²) in [6.07, 6.45) is 0. The van der Waals surface area contributed by atoms with Crippen LogP contribution in [-0.2, 0) is 11.3 Å². The molecule has 0 fully saturated rings. The average molecular weight is 366 g/mol. The Morgan fingerprint density at radius 1 is 1.38 bits per heavy atom. The zero-order chi connectivity index (χ0) is 16.9. The Kier molecular flexibility index (Phi) is 5.41. The number of ether oxygens (including phenoxy) is 2. The molecule has 2 aromatic rings. The van der Waals surface area contributed by atoms with Crippen molar-refractivity contribution in [2.75, 3.05) is 18.7 Å². The van der Waals surface area contributed by atoms with E-state index in [0.29, 0.717) is 12.3 Å². The molecule has 1 amide bonds. The van der Waals surface area contributed by atoms with Gasteiger partial charge in [0.25, 0.3) is 0 Å². The van der Waals surface area contributed by atoms with Crippen LogP contribution >= 0.6 is 23.1 Å². The van der Waals surface area contributed by atoms with Crippen LogP contribution in [0.5, 0.6) is 11.5 Å². The van der Waals surface area contributed by atoms with Crippen LogP contribution in [0.1, 0.15) is 19.4 Å². The molecular formula is C15H18N4O3S2. The fourth-order valence-electron chi connectivity index (χ4n) is 2.07. The summed E-state index contributed by atoms with van der Waals surface area (Å²) in [6.45, 7) is 5.34. The molecule has 9 heteroatoms. The van der Waals surface area contributed by atoms with Crippen molar-refractivity contribution in [3.63, 3.8) is 0 Å². The van der Waals surface area contributed by atoms with Crippen molar-refractivity contribution in [2.24, 2.45) is 0 Å². The maximum atomic E-state index is 12.2. The number of aromatic nitrogens is 2. The summed E-state index contributed by atoms with van der Waals surface area (Å²) in [5.74, 6) is 1.41. The van der Waals surface area contributed by atoms with Crippen LogP contribution in [0, 0.1) is 0 Å². The van der Waals surface area contributed by atoms with Gasteiger partial charge in [0.1, 0.15) is 0 Å². The molecule has 2 heterocycles. The van der Waals surface area contributed by atoms with E-state index in [1.807, 2.05) is 32.0 Å². The quantitative estimate of drug-likeness (QED) is 0.728. The second-order valence-electron chi connectivity index (χ2n) is 5.07. The third-order valence-corrected chi connectivity index (χ3v) is 5.35. The summed E-state index contributed by atoms with van der Waals surface area (Å²) >= 11 is 2.85. The first-order valence-corrected chi connectivity index (χ1v) is 9.25. The molecule has 1 aromatic heterocycles. The van der Waals surface area contributed by atoms with E-state index in [-0.39, 0.29) is 18.0 Å². The number of rotatable bonds is 7. The number of amides is 1. The molecule has 3 rings (SSSR count). The Hall–Kier alpha value is -2.00. The normalized spacial score (nSPS) is 13.6. The van der Waals surface area contributed by atoms with Crippen molar-refractivity contribution in [1.29, 1.82) is 0 Å². The van der Waals surface area contributed by atoms with Gasteiger partial charge in [-0.2, -0.15) is 0 Å². The standard InChI is InChI=1S/C15H18N4O3S2/c1-3-16-14-18-19-15(24-14)23-9(2)13(20)17-7-10-4-5-11-12(6-10)22-8-21-11/h4-6,9H,3,7-8H2,1-2H3,(H,16,18)(H,17,20)/t9-/m1/s1. The SMILES string of the molecule is CCNc1nnc(S[C@H](C)C(=O)NCc2ccc3c(c2)OCO3)s1. The molecule has 0 unspecified atom stereocenters. The van der Waals surface area contributed by atoms with Crippen molar-refractivity contribution in [2.45, 2.75) is 30.0 Å². The van der Waals surface area contributed by atoms with Crippen LogP contribution in [-0.4, -0.2) is 34.7 Å². The largest absolute Gasteiger partial charge is 0.454 e. The molecule has 0 saturated heterocycles. The van der Waals surface area contributed by atoms with Gasteiger partial charge >= 0.3 is 0 Å². The lowest BCUT2D eigenvalue weighted by Gasteiger charge is -2.10. The zero-order valence-electron chi connectivity index (χ0n) is 13.4. The third kappa shape index (κ3) is 4.09. The molecule has 0 saturated carbocycles. The van der Waals surface area contributed by atoms with Crippen molar-refractivity contribution in [3.8, 4) is 11.5 Å². The first kappa shape index (κ1) is 16.8. The van der Waals surface area contributed by atoms with Crippen LogP contribution in [0.15, 0.2) is 22.5 Å². The Labute approximate surface area is 148 Å². The van der Waals surface area contributed by atoms with Crippen molar-refractivity contribution >= 4 is 34.1 Å². The number of anilines is 1. The minimum atomic E-state index is -0.249. The van der Waals surface area contributed by atoms with Crippen molar-refractivity contribution < 1.29 is 14.3 Å². The Balaban J connectivity index is 1.50. The molecule has 1 aromatic carbocycles. The van der Waals surface area contributed by atoms with Crippen LogP contribution in [0.25, 0.3) is 0 Å². The molecule has 0 aliphatic carbocycles. The highest BCUT2D eigenvalue weighted by Crippen LogP contribution is 2.32. The molecule has 1 aliphatic rings. The van der Waals surface area contributed by atoms with Gasteiger partial charge in [-0.25, -0.2) is 0 Å². The molecule has 24 heavy (non-hydrogen) atoms. The molecule has 1 aliphatic heterocycles. The Bertz CT molecular complexity index is 722. The number of nitrogens with zero attached hydrogens (tertiary/aromatic N) is 2. The van der Waals surface area contributed by atoms with Crippen LogP contribution < -0.4 is 20.1 Å². The molecular weight excluding hydrogens is 348 g/mol. The lowest BCUT2D eigenvalue weighted by atomic mass is 10.2. The van der Waals surface area contributed by atoms with Crippen molar-refractivity contribution in [3.05, 3.63) is 23.8 Å². The number of nitrogens with one attached hydrogen (secondary N) is 2.